The van der Waals surface area contributed by atoms with Crippen LogP contribution in [0.3, 0.4) is 0 Å². The number of aryl methyl sites for hydroxylation is 1. The molecule has 0 aliphatic carbocycles. The van der Waals surface area contributed by atoms with E-state index in [0.717, 1.165) is 10.7 Å². The fourth-order valence-corrected chi connectivity index (χ4v) is 1.67. The minimum Gasteiger partial charge on any atom is -0.219 e. The van der Waals surface area contributed by atoms with Gasteiger partial charge in [0.25, 0.3) is 0 Å². The Hall–Kier alpha value is -1.49. The van der Waals surface area contributed by atoms with Gasteiger partial charge in [0.1, 0.15) is 10.8 Å². The minimum atomic E-state index is -1.25. The van der Waals surface area contributed by atoms with E-state index >= 15 is 0 Å². The first-order chi connectivity index (χ1) is 8.02. The van der Waals surface area contributed by atoms with E-state index in [9.17, 15) is 13.2 Å². The lowest BCUT2D eigenvalue weighted by Crippen LogP contribution is -2.03. The number of hydrogen-bond acceptors (Lipinski definition) is 1. The van der Waals surface area contributed by atoms with Gasteiger partial charge in [0.15, 0.2) is 17.5 Å². The van der Waals surface area contributed by atoms with Gasteiger partial charge >= 0.3 is 0 Å². The molecule has 1 heterocycles. The normalized spacial score (nSPS) is 10.9. The van der Waals surface area contributed by atoms with E-state index in [2.05, 4.69) is 5.10 Å². The lowest BCUT2D eigenvalue weighted by molar-refractivity contribution is 0.491. The molecule has 0 fully saturated rings. The summed E-state index contributed by atoms with van der Waals surface area (Å²) in [5, 5.41) is 4.13. The van der Waals surface area contributed by atoms with Gasteiger partial charge in [-0.2, -0.15) is 5.10 Å². The Balaban J connectivity index is 2.59. The van der Waals surface area contributed by atoms with E-state index in [1.54, 1.807) is 6.07 Å². The molecule has 2 aromatic rings. The number of nitrogens with zero attached hydrogens (tertiary/aromatic N) is 2. The second kappa shape index (κ2) is 4.41. The van der Waals surface area contributed by atoms with Gasteiger partial charge in [0.2, 0.25) is 0 Å². The van der Waals surface area contributed by atoms with Gasteiger partial charge in [0, 0.05) is 12.1 Å². The number of hydrogen-bond donors (Lipinski definition) is 0. The first kappa shape index (κ1) is 12.0. The van der Waals surface area contributed by atoms with E-state index in [-0.39, 0.29) is 10.8 Å². The summed E-state index contributed by atoms with van der Waals surface area (Å²) in [5.74, 6) is -3.31. The number of benzene rings is 1. The van der Waals surface area contributed by atoms with E-state index in [1.807, 2.05) is 6.92 Å². The molecule has 0 bridgehead atoms. The molecule has 6 heteroatoms. The van der Waals surface area contributed by atoms with Crippen LogP contribution in [0.4, 0.5) is 13.2 Å². The summed E-state index contributed by atoms with van der Waals surface area (Å²) in [5.41, 5.74) is 0.424. The Morgan fingerprint density at radius 1 is 1.12 bits per heavy atom. The van der Waals surface area contributed by atoms with Crippen molar-refractivity contribution >= 4 is 11.6 Å². The zero-order valence-electron chi connectivity index (χ0n) is 8.85. The Labute approximate surface area is 101 Å². The molecular weight excluding hydrogens is 253 g/mol. The van der Waals surface area contributed by atoms with Crippen LogP contribution in [0.15, 0.2) is 18.2 Å². The monoisotopic (exact) mass is 260 g/mol. The molecule has 0 unspecified atom stereocenters. The Bertz CT molecular complexity index is 566. The average molecular weight is 261 g/mol. The van der Waals surface area contributed by atoms with Gasteiger partial charge in [-0.05, 0) is 12.5 Å². The smallest absolute Gasteiger partial charge is 0.161 e. The maximum atomic E-state index is 13.5. The molecule has 1 aromatic carbocycles. The van der Waals surface area contributed by atoms with Crippen LogP contribution in [0.1, 0.15) is 12.6 Å². The van der Waals surface area contributed by atoms with Crippen LogP contribution in [0.2, 0.25) is 5.15 Å². The molecule has 2 rings (SSSR count). The highest BCUT2D eigenvalue weighted by molar-refractivity contribution is 6.29. The SMILES string of the molecule is CCc1cc(Cl)n(-c2cc(F)c(F)cc2F)n1. The molecule has 0 radical (unpaired) electrons. The molecule has 90 valence electrons. The summed E-state index contributed by atoms with van der Waals surface area (Å²) < 4.78 is 40.3. The number of aromatic nitrogens is 2. The lowest BCUT2D eigenvalue weighted by atomic mass is 10.3. The molecule has 1 aromatic heterocycles. The minimum absolute atomic E-state index is 0.145. The van der Waals surface area contributed by atoms with E-state index in [0.29, 0.717) is 18.2 Å². The summed E-state index contributed by atoms with van der Waals surface area (Å²) in [6, 6.07) is 2.74. The predicted molar refractivity (Wildman–Crippen MR) is 57.8 cm³/mol. The van der Waals surface area contributed by atoms with Crippen LogP contribution in [0.25, 0.3) is 5.69 Å². The van der Waals surface area contributed by atoms with Crippen molar-refractivity contribution in [2.45, 2.75) is 13.3 Å². The summed E-state index contributed by atoms with van der Waals surface area (Å²) in [7, 11) is 0. The van der Waals surface area contributed by atoms with Crippen LogP contribution in [0, 0.1) is 17.5 Å². The maximum Gasteiger partial charge on any atom is 0.161 e. The molecule has 0 atom stereocenters. The van der Waals surface area contributed by atoms with E-state index in [4.69, 9.17) is 11.6 Å². The third-order valence-electron chi connectivity index (χ3n) is 2.30. The highest BCUT2D eigenvalue weighted by Gasteiger charge is 2.15. The molecule has 17 heavy (non-hydrogen) atoms. The zero-order chi connectivity index (χ0) is 12.6. The molecule has 0 spiro atoms. The van der Waals surface area contributed by atoms with Gasteiger partial charge in [-0.25, -0.2) is 17.9 Å². The summed E-state index contributed by atoms with van der Waals surface area (Å²) in [6.07, 6.45) is 0.609. The van der Waals surface area contributed by atoms with Crippen molar-refractivity contribution in [3.63, 3.8) is 0 Å². The van der Waals surface area contributed by atoms with Crippen molar-refractivity contribution in [1.29, 1.82) is 0 Å². The first-order valence-electron chi connectivity index (χ1n) is 4.92. The number of rotatable bonds is 2. The van der Waals surface area contributed by atoms with Crippen LogP contribution in [-0.2, 0) is 6.42 Å². The maximum absolute atomic E-state index is 13.5. The van der Waals surface area contributed by atoms with Crippen molar-refractivity contribution in [1.82, 2.24) is 9.78 Å². The molecule has 0 aliphatic rings. The topological polar surface area (TPSA) is 17.8 Å². The zero-order valence-corrected chi connectivity index (χ0v) is 9.60. The fourth-order valence-electron chi connectivity index (χ4n) is 1.42. The fraction of sp³-hybridized carbons (Fsp3) is 0.182. The second-order valence-corrected chi connectivity index (χ2v) is 3.83. The second-order valence-electron chi connectivity index (χ2n) is 3.44. The molecule has 0 saturated carbocycles. The molecular formula is C11H8ClF3N2. The molecule has 0 amide bonds. The van der Waals surface area contributed by atoms with Crippen molar-refractivity contribution in [3.05, 3.63) is 46.5 Å². The van der Waals surface area contributed by atoms with Gasteiger partial charge in [-0.15, -0.1) is 0 Å². The summed E-state index contributed by atoms with van der Waals surface area (Å²) >= 11 is 5.84. The van der Waals surface area contributed by atoms with E-state index < -0.39 is 17.5 Å². The van der Waals surface area contributed by atoms with Gasteiger partial charge in [-0.3, -0.25) is 0 Å². The third-order valence-corrected chi connectivity index (χ3v) is 2.57. The Morgan fingerprint density at radius 2 is 1.76 bits per heavy atom. The summed E-state index contributed by atoms with van der Waals surface area (Å²) in [4.78, 5) is 0. The van der Waals surface area contributed by atoms with Gasteiger partial charge in [0.05, 0.1) is 5.69 Å². The Morgan fingerprint density at radius 3 is 2.35 bits per heavy atom. The van der Waals surface area contributed by atoms with Crippen LogP contribution in [0.5, 0.6) is 0 Å². The summed E-state index contributed by atoms with van der Waals surface area (Å²) in [6.45, 7) is 1.85. The van der Waals surface area contributed by atoms with Crippen LogP contribution < -0.4 is 0 Å². The lowest BCUT2D eigenvalue weighted by Gasteiger charge is -2.05. The van der Waals surface area contributed by atoms with E-state index in [1.165, 1.54) is 0 Å². The molecule has 2 nitrogen and oxygen atoms in total. The van der Waals surface area contributed by atoms with Gasteiger partial charge in [-0.1, -0.05) is 18.5 Å². The highest BCUT2D eigenvalue weighted by Crippen LogP contribution is 2.22. The molecule has 0 N–H and O–H groups in total. The quantitative estimate of drug-likeness (QED) is 0.756. The first-order valence-corrected chi connectivity index (χ1v) is 5.30. The highest BCUT2D eigenvalue weighted by atomic mass is 35.5. The van der Waals surface area contributed by atoms with Crippen molar-refractivity contribution < 1.29 is 13.2 Å². The van der Waals surface area contributed by atoms with Crippen molar-refractivity contribution in [3.8, 4) is 5.69 Å². The predicted octanol–water partition coefficient (Wildman–Crippen LogP) is 3.51. The van der Waals surface area contributed by atoms with Crippen molar-refractivity contribution in [2.75, 3.05) is 0 Å². The number of halogens is 4. The third kappa shape index (κ3) is 2.15. The largest absolute Gasteiger partial charge is 0.219 e. The molecule has 0 saturated heterocycles. The average Bonchev–Trinajstić information content (AvgIpc) is 2.65. The Kier molecular flexibility index (Phi) is 3.11. The van der Waals surface area contributed by atoms with Crippen LogP contribution in [-0.4, -0.2) is 9.78 Å². The standard InChI is InChI=1S/C11H8ClF3N2/c1-2-6-3-11(12)17(16-6)10-5-8(14)7(13)4-9(10)15/h3-5H,2H2,1H3. The van der Waals surface area contributed by atoms with Crippen LogP contribution >= 0.6 is 11.6 Å². The van der Waals surface area contributed by atoms with Crippen molar-refractivity contribution in [2.24, 2.45) is 0 Å². The van der Waals surface area contributed by atoms with Gasteiger partial charge < -0.3 is 0 Å². The molecule has 0 aliphatic heterocycles.